The molecule has 0 heteroatoms. The standard InChI is InChI=1S/C9H16.C2H6/c1-9-7-5-3-2-4-6-8-9;1-2/h2-3,9H,4-8H2,1H3;1-2H3/b3-2+;. The molecule has 0 fully saturated rings. The van der Waals surface area contributed by atoms with Crippen LogP contribution < -0.4 is 0 Å². The molecule has 66 valence electrons. The molecule has 0 nitrogen and oxygen atoms in total. The van der Waals surface area contributed by atoms with Crippen molar-refractivity contribution in [2.24, 2.45) is 5.92 Å². The fraction of sp³-hybridized carbons (Fsp3) is 0.818. The molecule has 1 unspecified atom stereocenters. The van der Waals surface area contributed by atoms with Crippen molar-refractivity contribution in [3.8, 4) is 0 Å². The van der Waals surface area contributed by atoms with Gasteiger partial charge in [-0.05, 0) is 31.6 Å². The molecule has 1 aliphatic rings. The van der Waals surface area contributed by atoms with Crippen LogP contribution in [0.4, 0.5) is 0 Å². The zero-order valence-electron chi connectivity index (χ0n) is 8.27. The summed E-state index contributed by atoms with van der Waals surface area (Å²) in [6.07, 6.45) is 11.5. The molecule has 0 aromatic carbocycles. The molecule has 0 N–H and O–H groups in total. The SMILES string of the molecule is CC.CC1CC/C=C/CCC1. The Kier molecular flexibility index (Phi) is 7.66. The van der Waals surface area contributed by atoms with Gasteiger partial charge >= 0.3 is 0 Å². The normalized spacial score (nSPS) is 27.4. The van der Waals surface area contributed by atoms with Gasteiger partial charge < -0.3 is 0 Å². The molecule has 0 radical (unpaired) electrons. The largest absolute Gasteiger partial charge is 0.0885 e. The van der Waals surface area contributed by atoms with Gasteiger partial charge in [0, 0.05) is 0 Å². The van der Waals surface area contributed by atoms with Gasteiger partial charge in [-0.2, -0.15) is 0 Å². The van der Waals surface area contributed by atoms with E-state index in [2.05, 4.69) is 19.1 Å². The van der Waals surface area contributed by atoms with Crippen LogP contribution in [0.3, 0.4) is 0 Å². The molecule has 0 amide bonds. The lowest BCUT2D eigenvalue weighted by atomic mass is 9.96. The highest BCUT2D eigenvalue weighted by atomic mass is 14.1. The smallest absolute Gasteiger partial charge is 0.0348 e. The van der Waals surface area contributed by atoms with E-state index in [0.717, 1.165) is 5.92 Å². The molecule has 0 heterocycles. The first-order chi connectivity index (χ1) is 5.39. The predicted molar refractivity (Wildman–Crippen MR) is 52.7 cm³/mol. The third-order valence-corrected chi connectivity index (χ3v) is 2.06. The molecule has 0 saturated heterocycles. The first-order valence-electron chi connectivity index (χ1n) is 5.04. The van der Waals surface area contributed by atoms with Crippen molar-refractivity contribution in [3.63, 3.8) is 0 Å². The molecular weight excluding hydrogens is 132 g/mol. The average molecular weight is 154 g/mol. The fourth-order valence-electron chi connectivity index (χ4n) is 1.34. The highest BCUT2D eigenvalue weighted by molar-refractivity contribution is 4.84. The molecule has 0 spiro atoms. The summed E-state index contributed by atoms with van der Waals surface area (Å²) < 4.78 is 0. The van der Waals surface area contributed by atoms with Crippen LogP contribution in [0.1, 0.15) is 52.9 Å². The van der Waals surface area contributed by atoms with E-state index in [1.54, 1.807) is 0 Å². The minimum absolute atomic E-state index is 0.968. The third-order valence-electron chi connectivity index (χ3n) is 2.06. The van der Waals surface area contributed by atoms with E-state index in [1.165, 1.54) is 32.1 Å². The molecule has 1 aliphatic carbocycles. The van der Waals surface area contributed by atoms with Gasteiger partial charge in [0.15, 0.2) is 0 Å². The molecule has 11 heavy (non-hydrogen) atoms. The highest BCUT2D eigenvalue weighted by Crippen LogP contribution is 2.16. The zero-order chi connectivity index (χ0) is 8.53. The van der Waals surface area contributed by atoms with Crippen LogP contribution in [0.5, 0.6) is 0 Å². The Balaban J connectivity index is 0.000000461. The number of rotatable bonds is 0. The van der Waals surface area contributed by atoms with Crippen molar-refractivity contribution in [1.82, 2.24) is 0 Å². The maximum atomic E-state index is 2.36. The Bertz CT molecular complexity index is 92.2. The van der Waals surface area contributed by atoms with Gasteiger partial charge in [-0.15, -0.1) is 0 Å². The van der Waals surface area contributed by atoms with E-state index in [-0.39, 0.29) is 0 Å². The minimum Gasteiger partial charge on any atom is -0.0885 e. The average Bonchev–Trinajstić information content (AvgIpc) is 2.01. The third kappa shape index (κ3) is 6.15. The lowest BCUT2D eigenvalue weighted by molar-refractivity contribution is 0.474. The first kappa shape index (κ1) is 10.7. The van der Waals surface area contributed by atoms with Crippen molar-refractivity contribution < 1.29 is 0 Å². The summed E-state index contributed by atoms with van der Waals surface area (Å²) in [5, 5.41) is 0. The second kappa shape index (κ2) is 7.84. The maximum Gasteiger partial charge on any atom is -0.0348 e. The fourth-order valence-corrected chi connectivity index (χ4v) is 1.34. The summed E-state index contributed by atoms with van der Waals surface area (Å²) in [4.78, 5) is 0. The predicted octanol–water partition coefficient (Wildman–Crippen LogP) is 4.17. The van der Waals surface area contributed by atoms with Crippen LogP contribution in [0.2, 0.25) is 0 Å². The van der Waals surface area contributed by atoms with Gasteiger partial charge in [-0.25, -0.2) is 0 Å². The Hall–Kier alpha value is -0.260. The molecule has 0 aromatic heterocycles. The molecular formula is C11H22. The van der Waals surface area contributed by atoms with Gasteiger partial charge in [0.05, 0.1) is 0 Å². The second-order valence-corrected chi connectivity index (χ2v) is 3.08. The second-order valence-electron chi connectivity index (χ2n) is 3.08. The molecule has 1 rings (SSSR count). The summed E-state index contributed by atoms with van der Waals surface area (Å²) in [5.74, 6) is 0.968. The van der Waals surface area contributed by atoms with Gasteiger partial charge in [-0.3, -0.25) is 0 Å². The summed E-state index contributed by atoms with van der Waals surface area (Å²) in [5.41, 5.74) is 0. The lowest BCUT2D eigenvalue weighted by Crippen LogP contribution is -1.95. The van der Waals surface area contributed by atoms with Crippen molar-refractivity contribution in [2.75, 3.05) is 0 Å². The van der Waals surface area contributed by atoms with E-state index in [0.29, 0.717) is 0 Å². The van der Waals surface area contributed by atoms with E-state index in [4.69, 9.17) is 0 Å². The molecule has 0 aliphatic heterocycles. The summed E-state index contributed by atoms with van der Waals surface area (Å²) in [6, 6.07) is 0. The van der Waals surface area contributed by atoms with Crippen LogP contribution in [-0.2, 0) is 0 Å². The van der Waals surface area contributed by atoms with E-state index >= 15 is 0 Å². The summed E-state index contributed by atoms with van der Waals surface area (Å²) >= 11 is 0. The minimum atomic E-state index is 0.968. The van der Waals surface area contributed by atoms with Gasteiger partial charge in [0.25, 0.3) is 0 Å². The highest BCUT2D eigenvalue weighted by Gasteiger charge is 2.01. The van der Waals surface area contributed by atoms with E-state index in [9.17, 15) is 0 Å². The van der Waals surface area contributed by atoms with E-state index < -0.39 is 0 Å². The quantitative estimate of drug-likeness (QED) is 0.459. The maximum absolute atomic E-state index is 2.36. The molecule has 0 saturated carbocycles. The van der Waals surface area contributed by atoms with Crippen molar-refractivity contribution in [3.05, 3.63) is 12.2 Å². The molecule has 0 bridgehead atoms. The zero-order valence-corrected chi connectivity index (χ0v) is 8.27. The number of hydrogen-bond acceptors (Lipinski definition) is 0. The Morgan fingerprint density at radius 2 is 1.64 bits per heavy atom. The van der Waals surface area contributed by atoms with Crippen LogP contribution in [0.15, 0.2) is 12.2 Å². The van der Waals surface area contributed by atoms with Gasteiger partial charge in [-0.1, -0.05) is 39.3 Å². The first-order valence-corrected chi connectivity index (χ1v) is 5.04. The van der Waals surface area contributed by atoms with Gasteiger partial charge in [0.2, 0.25) is 0 Å². The topological polar surface area (TPSA) is 0 Å². The van der Waals surface area contributed by atoms with Crippen molar-refractivity contribution >= 4 is 0 Å². The van der Waals surface area contributed by atoms with Crippen molar-refractivity contribution in [2.45, 2.75) is 52.9 Å². The van der Waals surface area contributed by atoms with Crippen LogP contribution in [-0.4, -0.2) is 0 Å². The lowest BCUT2D eigenvalue weighted by Gasteiger charge is -2.10. The molecule has 0 aromatic rings. The number of hydrogen-bond donors (Lipinski definition) is 0. The Morgan fingerprint density at radius 1 is 1.00 bits per heavy atom. The van der Waals surface area contributed by atoms with Crippen LogP contribution >= 0.6 is 0 Å². The summed E-state index contributed by atoms with van der Waals surface area (Å²) in [7, 11) is 0. The number of allylic oxidation sites excluding steroid dienone is 2. The van der Waals surface area contributed by atoms with E-state index in [1.807, 2.05) is 13.8 Å². The van der Waals surface area contributed by atoms with Crippen LogP contribution in [0.25, 0.3) is 0 Å². The Morgan fingerprint density at radius 3 is 2.36 bits per heavy atom. The Labute approximate surface area is 71.7 Å². The van der Waals surface area contributed by atoms with Gasteiger partial charge in [0.1, 0.15) is 0 Å². The summed E-state index contributed by atoms with van der Waals surface area (Å²) in [6.45, 7) is 6.36. The molecule has 1 atom stereocenters. The monoisotopic (exact) mass is 154 g/mol. The van der Waals surface area contributed by atoms with Crippen molar-refractivity contribution in [1.29, 1.82) is 0 Å². The van der Waals surface area contributed by atoms with Crippen LogP contribution in [0, 0.1) is 5.92 Å².